The minimum atomic E-state index is -1.27. The van der Waals surface area contributed by atoms with E-state index in [1.165, 1.54) is 18.2 Å². The first-order valence-corrected chi connectivity index (χ1v) is 10.1. The molecule has 32 heavy (non-hydrogen) atoms. The van der Waals surface area contributed by atoms with E-state index in [1.54, 1.807) is 0 Å². The fourth-order valence-electron chi connectivity index (χ4n) is 3.77. The number of carboxylic acids is 1. The van der Waals surface area contributed by atoms with Gasteiger partial charge in [0.2, 0.25) is 5.88 Å². The highest BCUT2D eigenvalue weighted by Crippen LogP contribution is 2.31. The summed E-state index contributed by atoms with van der Waals surface area (Å²) in [7, 11) is 0. The zero-order valence-electron chi connectivity index (χ0n) is 16.3. The smallest absolute Gasteiger partial charge is 0.336 e. The fraction of sp³-hybridized carbons (Fsp3) is 0.350. The summed E-state index contributed by atoms with van der Waals surface area (Å²) >= 11 is 6.23. The third kappa shape index (κ3) is 3.73. The lowest BCUT2D eigenvalue weighted by Gasteiger charge is -2.15. The second-order valence-corrected chi connectivity index (χ2v) is 7.77. The van der Waals surface area contributed by atoms with Gasteiger partial charge in [0.25, 0.3) is 6.01 Å². The van der Waals surface area contributed by atoms with E-state index in [4.69, 9.17) is 30.5 Å². The van der Waals surface area contributed by atoms with Gasteiger partial charge in [-0.1, -0.05) is 17.7 Å². The Balaban J connectivity index is 1.34. The average Bonchev–Trinajstić information content (AvgIpc) is 3.44. The number of pyridine rings is 1. The van der Waals surface area contributed by atoms with Gasteiger partial charge >= 0.3 is 5.97 Å². The summed E-state index contributed by atoms with van der Waals surface area (Å²) in [6.07, 6.45) is -2.00. The Morgan fingerprint density at radius 3 is 2.91 bits per heavy atom. The molecule has 0 amide bonds. The van der Waals surface area contributed by atoms with E-state index in [9.17, 15) is 19.4 Å². The number of carboxylic acid groups (broad SMARTS) is 1. The number of nitrogens with zero attached hydrogens (tertiary/aromatic N) is 2. The molecule has 0 radical (unpaired) electrons. The van der Waals surface area contributed by atoms with Crippen LogP contribution in [0.4, 0.5) is 4.39 Å². The topological polar surface area (TPSA) is 136 Å². The van der Waals surface area contributed by atoms with E-state index in [0.29, 0.717) is 5.52 Å². The molecule has 0 saturated carbocycles. The van der Waals surface area contributed by atoms with Crippen molar-refractivity contribution in [2.45, 2.75) is 31.0 Å². The summed E-state index contributed by atoms with van der Waals surface area (Å²) in [6, 6.07) is 5.40. The van der Waals surface area contributed by atoms with Crippen LogP contribution in [0.1, 0.15) is 15.9 Å². The molecule has 2 saturated heterocycles. The zero-order valence-corrected chi connectivity index (χ0v) is 17.1. The third-order valence-corrected chi connectivity index (χ3v) is 5.59. The molecular weight excluding hydrogens is 449 g/mol. The standard InChI is InChI=1S/C20H17ClFN3O7/c21-10-4-12-17(24-18(10)31-5-9-8(19(27)28)2-1-3-11(9)22)25-20(23-12)32-14-7-30-15-13(26)6-29-16(14)15/h1-4,13-16,26H,5-7H2,(H,27,28)(H,23,24,25)/t13-,14-,15?,16?/m1/s1. The first-order valence-electron chi connectivity index (χ1n) is 9.68. The molecule has 2 fully saturated rings. The number of aliphatic hydroxyl groups excluding tert-OH is 1. The number of imidazole rings is 1. The Morgan fingerprint density at radius 1 is 1.28 bits per heavy atom. The molecule has 0 spiro atoms. The predicted molar refractivity (Wildman–Crippen MR) is 106 cm³/mol. The first kappa shape index (κ1) is 20.9. The van der Waals surface area contributed by atoms with Gasteiger partial charge in [0.1, 0.15) is 35.8 Å². The SMILES string of the molecule is O=C(O)c1cccc(F)c1COc1nc2nc(O[C@@H]3COC4C3OC[C@H]4O)[nH]c2cc1Cl. The van der Waals surface area contributed by atoms with E-state index < -0.39 is 36.2 Å². The Labute approximate surface area is 184 Å². The van der Waals surface area contributed by atoms with Crippen LogP contribution >= 0.6 is 11.6 Å². The number of fused-ring (bicyclic) bond motifs is 2. The summed E-state index contributed by atoms with van der Waals surface area (Å²) in [5.41, 5.74) is 0.360. The van der Waals surface area contributed by atoms with Crippen LogP contribution in [0.25, 0.3) is 11.2 Å². The Kier molecular flexibility index (Phi) is 5.33. The van der Waals surface area contributed by atoms with Crippen molar-refractivity contribution in [3.8, 4) is 11.9 Å². The number of nitrogens with one attached hydrogen (secondary N) is 1. The molecule has 2 unspecified atom stereocenters. The summed E-state index contributed by atoms with van der Waals surface area (Å²) in [5.74, 6) is -2.03. The lowest BCUT2D eigenvalue weighted by molar-refractivity contribution is 0.00706. The Bertz CT molecular complexity index is 1190. The maximum absolute atomic E-state index is 14.1. The molecular formula is C20H17ClFN3O7. The number of aromatic carboxylic acids is 1. The highest BCUT2D eigenvalue weighted by molar-refractivity contribution is 6.32. The fourth-order valence-corrected chi connectivity index (χ4v) is 3.98. The number of hydrogen-bond acceptors (Lipinski definition) is 8. The van der Waals surface area contributed by atoms with Gasteiger partial charge in [0, 0.05) is 5.56 Å². The van der Waals surface area contributed by atoms with Crippen LogP contribution in [0.5, 0.6) is 11.9 Å². The normalized spacial score (nSPS) is 24.6. The third-order valence-electron chi connectivity index (χ3n) is 5.32. The molecule has 168 valence electrons. The van der Waals surface area contributed by atoms with Gasteiger partial charge < -0.3 is 34.1 Å². The van der Waals surface area contributed by atoms with E-state index in [2.05, 4.69) is 15.0 Å². The summed E-state index contributed by atoms with van der Waals surface area (Å²) in [6.45, 7) is 0.0295. The number of benzene rings is 1. The molecule has 2 aromatic heterocycles. The predicted octanol–water partition coefficient (Wildman–Crippen LogP) is 1.93. The van der Waals surface area contributed by atoms with Crippen molar-refractivity contribution in [2.75, 3.05) is 13.2 Å². The monoisotopic (exact) mass is 465 g/mol. The number of aliphatic hydroxyl groups is 1. The average molecular weight is 466 g/mol. The van der Waals surface area contributed by atoms with Crippen LogP contribution in [0.3, 0.4) is 0 Å². The van der Waals surface area contributed by atoms with Gasteiger partial charge in [-0.2, -0.15) is 9.97 Å². The quantitative estimate of drug-likeness (QED) is 0.498. The van der Waals surface area contributed by atoms with Gasteiger partial charge in [0.05, 0.1) is 24.3 Å². The largest absolute Gasteiger partial charge is 0.478 e. The van der Waals surface area contributed by atoms with Crippen molar-refractivity contribution in [3.05, 3.63) is 46.2 Å². The van der Waals surface area contributed by atoms with E-state index in [-0.39, 0.29) is 53.5 Å². The number of halogens is 2. The molecule has 4 heterocycles. The van der Waals surface area contributed by atoms with E-state index >= 15 is 0 Å². The highest BCUT2D eigenvalue weighted by Gasteiger charge is 2.48. The number of carbonyl (C=O) groups is 1. The molecule has 10 nitrogen and oxygen atoms in total. The number of H-pyrrole nitrogens is 1. The molecule has 2 aliphatic heterocycles. The maximum Gasteiger partial charge on any atom is 0.336 e. The van der Waals surface area contributed by atoms with Gasteiger partial charge in [-0.15, -0.1) is 0 Å². The van der Waals surface area contributed by atoms with Gasteiger partial charge in [0.15, 0.2) is 11.8 Å². The molecule has 12 heteroatoms. The van der Waals surface area contributed by atoms with E-state index in [1.807, 2.05) is 0 Å². The number of hydrogen-bond donors (Lipinski definition) is 3. The van der Waals surface area contributed by atoms with Crippen LogP contribution in [-0.4, -0.2) is 68.8 Å². The lowest BCUT2D eigenvalue weighted by Crippen LogP contribution is -2.34. The summed E-state index contributed by atoms with van der Waals surface area (Å²) in [4.78, 5) is 22.8. The number of rotatable bonds is 6. The van der Waals surface area contributed by atoms with Crippen molar-refractivity contribution >= 4 is 28.7 Å². The van der Waals surface area contributed by atoms with Gasteiger partial charge in [-0.05, 0) is 18.2 Å². The van der Waals surface area contributed by atoms with Crippen molar-refractivity contribution in [2.24, 2.45) is 0 Å². The van der Waals surface area contributed by atoms with Crippen molar-refractivity contribution in [3.63, 3.8) is 0 Å². The van der Waals surface area contributed by atoms with Crippen LogP contribution < -0.4 is 9.47 Å². The van der Waals surface area contributed by atoms with Crippen molar-refractivity contribution in [1.29, 1.82) is 0 Å². The Morgan fingerprint density at radius 2 is 2.09 bits per heavy atom. The molecule has 1 aromatic carbocycles. The molecule has 0 bridgehead atoms. The van der Waals surface area contributed by atoms with Gasteiger partial charge in [-0.3, -0.25) is 0 Å². The van der Waals surface area contributed by atoms with Crippen LogP contribution in [0, 0.1) is 5.82 Å². The lowest BCUT2D eigenvalue weighted by atomic mass is 10.1. The summed E-state index contributed by atoms with van der Waals surface area (Å²) < 4.78 is 36.5. The van der Waals surface area contributed by atoms with Crippen molar-refractivity contribution in [1.82, 2.24) is 15.0 Å². The molecule has 2 aliphatic rings. The molecule has 4 atom stereocenters. The van der Waals surface area contributed by atoms with Crippen molar-refractivity contribution < 1.29 is 38.3 Å². The van der Waals surface area contributed by atoms with E-state index in [0.717, 1.165) is 6.07 Å². The second-order valence-electron chi connectivity index (χ2n) is 7.37. The van der Waals surface area contributed by atoms with Crippen LogP contribution in [0.2, 0.25) is 5.02 Å². The molecule has 3 aromatic rings. The number of ether oxygens (including phenoxy) is 4. The molecule has 0 aliphatic carbocycles. The van der Waals surface area contributed by atoms with Gasteiger partial charge in [-0.25, -0.2) is 9.18 Å². The van der Waals surface area contributed by atoms with Crippen LogP contribution in [0.15, 0.2) is 24.3 Å². The number of aromatic amines is 1. The molecule has 5 rings (SSSR count). The summed E-state index contributed by atoms with van der Waals surface area (Å²) in [5, 5.41) is 19.2. The zero-order chi connectivity index (χ0) is 22.4. The minimum Gasteiger partial charge on any atom is -0.478 e. The first-order chi connectivity index (χ1) is 15.4. The number of aromatic nitrogens is 3. The van der Waals surface area contributed by atoms with Crippen LogP contribution in [-0.2, 0) is 16.1 Å². The molecule has 3 N–H and O–H groups in total. The maximum atomic E-state index is 14.1. The highest BCUT2D eigenvalue weighted by atomic mass is 35.5. The Hall–Kier alpha value is -2.99. The second kappa shape index (κ2) is 8.17. The minimum absolute atomic E-state index is 0.0386.